The Bertz CT molecular complexity index is 141. The monoisotopic (exact) mass is 140 g/mol. The quantitative estimate of drug-likeness (QED) is 0.604. The van der Waals surface area contributed by atoms with Gasteiger partial charge in [-0.25, -0.2) is 0 Å². The Labute approximate surface area is 60.8 Å². The summed E-state index contributed by atoms with van der Waals surface area (Å²) in [4.78, 5) is 0. The predicted molar refractivity (Wildman–Crippen MR) is 37.2 cm³/mol. The van der Waals surface area contributed by atoms with Crippen molar-refractivity contribution in [1.82, 2.24) is 0 Å². The Morgan fingerprint density at radius 2 is 2.20 bits per heavy atom. The Balaban J connectivity index is 2.23. The summed E-state index contributed by atoms with van der Waals surface area (Å²) in [6, 6.07) is 2.09. The van der Waals surface area contributed by atoms with Crippen molar-refractivity contribution in [2.75, 3.05) is 6.54 Å². The van der Waals surface area contributed by atoms with Gasteiger partial charge in [-0.3, -0.25) is 0 Å². The molecule has 3 heteroatoms. The lowest BCUT2D eigenvalue weighted by atomic mass is 10.1. The summed E-state index contributed by atoms with van der Waals surface area (Å²) in [5.41, 5.74) is 5.38. The van der Waals surface area contributed by atoms with Gasteiger partial charge in [-0.05, 0) is 12.8 Å². The molecule has 0 amide bonds. The third-order valence-corrected chi connectivity index (χ3v) is 1.78. The van der Waals surface area contributed by atoms with E-state index in [1.165, 1.54) is 0 Å². The fourth-order valence-electron chi connectivity index (χ4n) is 1.21. The highest BCUT2D eigenvalue weighted by molar-refractivity contribution is 4.82. The summed E-state index contributed by atoms with van der Waals surface area (Å²) in [6.07, 6.45) is 2.88. The van der Waals surface area contributed by atoms with Crippen molar-refractivity contribution in [2.45, 2.75) is 31.5 Å². The van der Waals surface area contributed by atoms with Crippen LogP contribution in [0.1, 0.15) is 19.3 Å². The van der Waals surface area contributed by atoms with Crippen molar-refractivity contribution in [1.29, 1.82) is 5.26 Å². The lowest BCUT2D eigenvalue weighted by molar-refractivity contribution is 0.0532. The zero-order valence-electron chi connectivity index (χ0n) is 5.92. The summed E-state index contributed by atoms with van der Waals surface area (Å²) >= 11 is 0. The number of hydrogen-bond donors (Lipinski definition) is 1. The minimum absolute atomic E-state index is 0.151. The maximum atomic E-state index is 8.32. The standard InChI is InChI=1S/C7H12N2O/c8-4-3-6-1-2-7(5-9)10-6/h6-7H,1-3,5,9H2/t6-,7+/m1/s1. The molecule has 0 spiro atoms. The van der Waals surface area contributed by atoms with E-state index in [9.17, 15) is 0 Å². The van der Waals surface area contributed by atoms with Gasteiger partial charge in [0.1, 0.15) is 0 Å². The van der Waals surface area contributed by atoms with E-state index in [0.29, 0.717) is 13.0 Å². The lowest BCUT2D eigenvalue weighted by Crippen LogP contribution is -2.20. The van der Waals surface area contributed by atoms with Gasteiger partial charge >= 0.3 is 0 Å². The van der Waals surface area contributed by atoms with E-state index in [2.05, 4.69) is 6.07 Å². The molecule has 0 saturated carbocycles. The Morgan fingerprint density at radius 1 is 1.50 bits per heavy atom. The van der Waals surface area contributed by atoms with Gasteiger partial charge in [-0.2, -0.15) is 5.26 Å². The maximum Gasteiger partial charge on any atom is 0.0710 e. The van der Waals surface area contributed by atoms with E-state index in [1.54, 1.807) is 0 Å². The Hall–Kier alpha value is -0.590. The van der Waals surface area contributed by atoms with Gasteiger partial charge in [0.05, 0.1) is 24.7 Å². The number of nitriles is 1. The average Bonchev–Trinajstić information content (AvgIpc) is 2.37. The zero-order valence-corrected chi connectivity index (χ0v) is 5.92. The number of nitrogens with two attached hydrogens (primary N) is 1. The van der Waals surface area contributed by atoms with Crippen LogP contribution < -0.4 is 5.73 Å². The Kier molecular flexibility index (Phi) is 2.67. The van der Waals surface area contributed by atoms with Crippen LogP contribution in [0.4, 0.5) is 0 Å². The van der Waals surface area contributed by atoms with Crippen LogP contribution in [0, 0.1) is 11.3 Å². The van der Waals surface area contributed by atoms with Crippen LogP contribution in [0.25, 0.3) is 0 Å². The molecule has 0 aromatic rings. The van der Waals surface area contributed by atoms with Crippen molar-refractivity contribution >= 4 is 0 Å². The predicted octanol–water partition coefficient (Wildman–Crippen LogP) is 0.406. The minimum Gasteiger partial charge on any atom is -0.373 e. The third kappa shape index (κ3) is 1.69. The second-order valence-corrected chi connectivity index (χ2v) is 2.56. The number of hydrogen-bond acceptors (Lipinski definition) is 3. The van der Waals surface area contributed by atoms with E-state index in [-0.39, 0.29) is 12.2 Å². The molecule has 0 bridgehead atoms. The highest BCUT2D eigenvalue weighted by Gasteiger charge is 2.23. The van der Waals surface area contributed by atoms with Gasteiger partial charge in [0.25, 0.3) is 0 Å². The van der Waals surface area contributed by atoms with Crippen molar-refractivity contribution in [3.8, 4) is 6.07 Å². The number of nitrogens with zero attached hydrogens (tertiary/aromatic N) is 1. The topological polar surface area (TPSA) is 59.0 Å². The van der Waals surface area contributed by atoms with Crippen molar-refractivity contribution < 1.29 is 4.74 Å². The molecule has 1 heterocycles. The molecule has 1 saturated heterocycles. The van der Waals surface area contributed by atoms with Crippen LogP contribution in [0.2, 0.25) is 0 Å². The van der Waals surface area contributed by atoms with Gasteiger partial charge < -0.3 is 10.5 Å². The third-order valence-electron chi connectivity index (χ3n) is 1.78. The fourth-order valence-corrected chi connectivity index (χ4v) is 1.21. The first kappa shape index (κ1) is 7.52. The molecule has 3 nitrogen and oxygen atoms in total. The van der Waals surface area contributed by atoms with Crippen LogP contribution in [0.3, 0.4) is 0 Å². The fraction of sp³-hybridized carbons (Fsp3) is 0.857. The maximum absolute atomic E-state index is 8.32. The number of rotatable bonds is 2. The van der Waals surface area contributed by atoms with Gasteiger partial charge in [0.2, 0.25) is 0 Å². The Morgan fingerprint density at radius 3 is 2.70 bits per heavy atom. The first-order chi connectivity index (χ1) is 4.86. The lowest BCUT2D eigenvalue weighted by Gasteiger charge is -2.07. The molecule has 1 aliphatic heterocycles. The molecule has 1 fully saturated rings. The summed E-state index contributed by atoms with van der Waals surface area (Å²) < 4.78 is 5.40. The molecule has 0 aromatic heterocycles. The smallest absolute Gasteiger partial charge is 0.0710 e. The van der Waals surface area contributed by atoms with E-state index in [0.717, 1.165) is 12.8 Å². The van der Waals surface area contributed by atoms with Crippen molar-refractivity contribution in [3.63, 3.8) is 0 Å². The molecule has 1 aliphatic rings. The van der Waals surface area contributed by atoms with Gasteiger partial charge in [-0.1, -0.05) is 0 Å². The van der Waals surface area contributed by atoms with Crippen molar-refractivity contribution in [3.05, 3.63) is 0 Å². The molecule has 2 atom stereocenters. The van der Waals surface area contributed by atoms with Gasteiger partial charge in [0, 0.05) is 6.54 Å². The zero-order chi connectivity index (χ0) is 7.40. The molecule has 56 valence electrons. The molecule has 0 radical (unpaired) electrons. The van der Waals surface area contributed by atoms with E-state index >= 15 is 0 Å². The SMILES string of the molecule is N#CC[C@H]1CC[C@@H](CN)O1. The molecule has 0 aliphatic carbocycles. The molecule has 0 aromatic carbocycles. The molecule has 1 rings (SSSR count). The number of ether oxygens (including phenoxy) is 1. The summed E-state index contributed by atoms with van der Waals surface area (Å²) in [7, 11) is 0. The highest BCUT2D eigenvalue weighted by Crippen LogP contribution is 2.20. The second kappa shape index (κ2) is 3.55. The van der Waals surface area contributed by atoms with E-state index in [4.69, 9.17) is 15.7 Å². The molecule has 2 N–H and O–H groups in total. The first-order valence-corrected chi connectivity index (χ1v) is 3.59. The van der Waals surface area contributed by atoms with E-state index < -0.39 is 0 Å². The summed E-state index contributed by atoms with van der Waals surface area (Å²) in [5, 5.41) is 8.32. The molecular weight excluding hydrogens is 128 g/mol. The first-order valence-electron chi connectivity index (χ1n) is 3.59. The molecule has 10 heavy (non-hydrogen) atoms. The highest BCUT2D eigenvalue weighted by atomic mass is 16.5. The second-order valence-electron chi connectivity index (χ2n) is 2.56. The molecular formula is C7H12N2O. The van der Waals surface area contributed by atoms with Crippen LogP contribution in [0.15, 0.2) is 0 Å². The van der Waals surface area contributed by atoms with Crippen molar-refractivity contribution in [2.24, 2.45) is 5.73 Å². The minimum atomic E-state index is 0.151. The van der Waals surface area contributed by atoms with Crippen LogP contribution in [-0.4, -0.2) is 18.8 Å². The van der Waals surface area contributed by atoms with Crippen LogP contribution in [0.5, 0.6) is 0 Å². The summed E-state index contributed by atoms with van der Waals surface area (Å²) in [5.74, 6) is 0. The molecule has 0 unspecified atom stereocenters. The summed E-state index contributed by atoms with van der Waals surface area (Å²) in [6.45, 7) is 0.585. The van der Waals surface area contributed by atoms with Crippen LogP contribution in [-0.2, 0) is 4.74 Å². The van der Waals surface area contributed by atoms with Gasteiger partial charge in [-0.15, -0.1) is 0 Å². The van der Waals surface area contributed by atoms with E-state index in [1.807, 2.05) is 0 Å². The average molecular weight is 140 g/mol. The largest absolute Gasteiger partial charge is 0.373 e. The van der Waals surface area contributed by atoms with Gasteiger partial charge in [0.15, 0.2) is 0 Å². The van der Waals surface area contributed by atoms with Crippen LogP contribution >= 0.6 is 0 Å². The normalized spacial score (nSPS) is 32.0.